The van der Waals surface area contributed by atoms with Crippen molar-refractivity contribution in [1.82, 2.24) is 20.3 Å². The summed E-state index contributed by atoms with van der Waals surface area (Å²) in [5.41, 5.74) is 3.31. The molecule has 3 rings (SSSR count). The minimum absolute atomic E-state index is 0.0453. The van der Waals surface area contributed by atoms with Crippen LogP contribution in [0.1, 0.15) is 37.3 Å². The fraction of sp³-hybridized carbons (Fsp3) is 0.524. The molecule has 1 N–H and O–H groups in total. The van der Waals surface area contributed by atoms with E-state index in [1.54, 1.807) is 12.4 Å². The molecule has 2 aromatic rings. The van der Waals surface area contributed by atoms with Gasteiger partial charge in [-0.2, -0.15) is 0 Å². The van der Waals surface area contributed by atoms with Crippen molar-refractivity contribution in [3.05, 3.63) is 36.4 Å². The SMILES string of the molecule is COCC(=O)NCC1CCC(c2nc(N(C)C)ncc2-c2ccncc2)CC1. The van der Waals surface area contributed by atoms with Crippen LogP contribution in [0.2, 0.25) is 0 Å². The molecule has 2 heterocycles. The third kappa shape index (κ3) is 5.04. The molecule has 0 aromatic carbocycles. The van der Waals surface area contributed by atoms with Crippen LogP contribution in [0.4, 0.5) is 5.95 Å². The average molecular weight is 383 g/mol. The van der Waals surface area contributed by atoms with Gasteiger partial charge in [-0.05, 0) is 49.3 Å². The lowest BCUT2D eigenvalue weighted by molar-refractivity contribution is -0.124. The van der Waals surface area contributed by atoms with E-state index >= 15 is 0 Å². The summed E-state index contributed by atoms with van der Waals surface area (Å²) in [7, 11) is 5.46. The Morgan fingerprint density at radius 3 is 2.57 bits per heavy atom. The number of nitrogens with zero attached hydrogens (tertiary/aromatic N) is 4. The van der Waals surface area contributed by atoms with Gasteiger partial charge in [0.05, 0.1) is 5.69 Å². The molecule has 7 heteroatoms. The Kier molecular flexibility index (Phi) is 6.92. The lowest BCUT2D eigenvalue weighted by Crippen LogP contribution is -2.33. The van der Waals surface area contributed by atoms with Crippen LogP contribution in [-0.2, 0) is 9.53 Å². The van der Waals surface area contributed by atoms with Crippen molar-refractivity contribution in [3.63, 3.8) is 0 Å². The van der Waals surface area contributed by atoms with Crippen molar-refractivity contribution in [2.45, 2.75) is 31.6 Å². The number of hydrogen-bond acceptors (Lipinski definition) is 6. The second kappa shape index (κ2) is 9.59. The van der Waals surface area contributed by atoms with Crippen molar-refractivity contribution in [1.29, 1.82) is 0 Å². The molecule has 1 aliphatic rings. The number of hydrogen-bond donors (Lipinski definition) is 1. The predicted octanol–water partition coefficient (Wildman–Crippen LogP) is 2.64. The van der Waals surface area contributed by atoms with Crippen LogP contribution in [-0.4, -0.2) is 55.2 Å². The smallest absolute Gasteiger partial charge is 0.245 e. The molecular formula is C21H29N5O2. The van der Waals surface area contributed by atoms with E-state index in [4.69, 9.17) is 9.72 Å². The van der Waals surface area contributed by atoms with Gasteiger partial charge in [0.2, 0.25) is 11.9 Å². The number of ether oxygens (including phenoxy) is 1. The molecule has 150 valence electrons. The Labute approximate surface area is 166 Å². The molecule has 0 radical (unpaired) electrons. The van der Waals surface area contributed by atoms with Gasteiger partial charge < -0.3 is 15.0 Å². The fourth-order valence-electron chi connectivity index (χ4n) is 3.75. The molecular weight excluding hydrogens is 354 g/mol. The van der Waals surface area contributed by atoms with Crippen molar-refractivity contribution in [3.8, 4) is 11.1 Å². The summed E-state index contributed by atoms with van der Waals surface area (Å²) in [4.78, 5) is 27.1. The molecule has 0 bridgehead atoms. The third-order valence-corrected chi connectivity index (χ3v) is 5.29. The number of anilines is 1. The van der Waals surface area contributed by atoms with E-state index in [9.17, 15) is 4.79 Å². The summed E-state index contributed by atoms with van der Waals surface area (Å²) in [6.07, 6.45) is 9.82. The van der Waals surface area contributed by atoms with E-state index in [0.717, 1.165) is 55.0 Å². The summed E-state index contributed by atoms with van der Waals surface area (Å²) in [5, 5.41) is 2.97. The van der Waals surface area contributed by atoms with Crippen molar-refractivity contribution < 1.29 is 9.53 Å². The van der Waals surface area contributed by atoms with Gasteiger partial charge in [-0.25, -0.2) is 9.97 Å². The number of rotatable bonds is 7. The van der Waals surface area contributed by atoms with Gasteiger partial charge in [0.25, 0.3) is 0 Å². The molecule has 28 heavy (non-hydrogen) atoms. The molecule has 1 fully saturated rings. The normalized spacial score (nSPS) is 19.2. The second-order valence-electron chi connectivity index (χ2n) is 7.55. The number of nitrogens with one attached hydrogen (secondary N) is 1. The first kappa shape index (κ1) is 20.2. The highest BCUT2D eigenvalue weighted by atomic mass is 16.5. The largest absolute Gasteiger partial charge is 0.375 e. The number of aromatic nitrogens is 3. The fourth-order valence-corrected chi connectivity index (χ4v) is 3.75. The first-order chi connectivity index (χ1) is 13.6. The summed E-state index contributed by atoms with van der Waals surface area (Å²) in [5.74, 6) is 1.60. The molecule has 7 nitrogen and oxygen atoms in total. The lowest BCUT2D eigenvalue weighted by atomic mass is 9.79. The first-order valence-electron chi connectivity index (χ1n) is 9.78. The minimum Gasteiger partial charge on any atom is -0.375 e. The summed E-state index contributed by atoms with van der Waals surface area (Å²) in [6.45, 7) is 0.845. The molecule has 0 atom stereocenters. The first-order valence-corrected chi connectivity index (χ1v) is 9.78. The van der Waals surface area contributed by atoms with E-state index in [1.807, 2.05) is 37.3 Å². The third-order valence-electron chi connectivity index (χ3n) is 5.29. The van der Waals surface area contributed by atoms with Gasteiger partial charge >= 0.3 is 0 Å². The zero-order valence-electron chi connectivity index (χ0n) is 16.9. The molecule has 0 aliphatic heterocycles. The van der Waals surface area contributed by atoms with Crippen molar-refractivity contribution in [2.24, 2.45) is 5.92 Å². The average Bonchev–Trinajstić information content (AvgIpc) is 2.73. The molecule has 1 amide bonds. The predicted molar refractivity (Wildman–Crippen MR) is 109 cm³/mol. The molecule has 1 saturated carbocycles. The summed E-state index contributed by atoms with van der Waals surface area (Å²) in [6, 6.07) is 4.02. The van der Waals surface area contributed by atoms with E-state index in [1.165, 1.54) is 7.11 Å². The Morgan fingerprint density at radius 1 is 1.21 bits per heavy atom. The van der Waals surface area contributed by atoms with Crippen LogP contribution < -0.4 is 10.2 Å². The maximum absolute atomic E-state index is 11.6. The Bertz CT molecular complexity index is 774. The highest BCUT2D eigenvalue weighted by Gasteiger charge is 2.26. The van der Waals surface area contributed by atoms with Gasteiger partial charge in [0, 0.05) is 57.8 Å². The van der Waals surface area contributed by atoms with Gasteiger partial charge in [-0.3, -0.25) is 9.78 Å². The highest BCUT2D eigenvalue weighted by molar-refractivity contribution is 5.77. The lowest BCUT2D eigenvalue weighted by Gasteiger charge is -2.29. The van der Waals surface area contributed by atoms with Gasteiger partial charge in [-0.15, -0.1) is 0 Å². The summed E-state index contributed by atoms with van der Waals surface area (Å²) >= 11 is 0. The van der Waals surface area contributed by atoms with Gasteiger partial charge in [0.1, 0.15) is 6.61 Å². The molecule has 0 saturated heterocycles. The van der Waals surface area contributed by atoms with E-state index in [-0.39, 0.29) is 12.5 Å². The van der Waals surface area contributed by atoms with Crippen LogP contribution in [0, 0.1) is 5.92 Å². The highest BCUT2D eigenvalue weighted by Crippen LogP contribution is 2.39. The van der Waals surface area contributed by atoms with Crippen LogP contribution >= 0.6 is 0 Å². The quantitative estimate of drug-likeness (QED) is 0.792. The van der Waals surface area contributed by atoms with Crippen LogP contribution in [0.25, 0.3) is 11.1 Å². The number of carbonyl (C=O) groups is 1. The summed E-state index contributed by atoms with van der Waals surface area (Å²) < 4.78 is 4.87. The number of pyridine rings is 1. The Morgan fingerprint density at radius 2 is 1.93 bits per heavy atom. The van der Waals surface area contributed by atoms with E-state index < -0.39 is 0 Å². The number of carbonyl (C=O) groups excluding carboxylic acids is 1. The van der Waals surface area contributed by atoms with Crippen LogP contribution in [0.3, 0.4) is 0 Å². The second-order valence-corrected chi connectivity index (χ2v) is 7.55. The zero-order chi connectivity index (χ0) is 19.9. The van der Waals surface area contributed by atoms with Gasteiger partial charge in [-0.1, -0.05) is 0 Å². The monoisotopic (exact) mass is 383 g/mol. The van der Waals surface area contributed by atoms with Crippen LogP contribution in [0.15, 0.2) is 30.7 Å². The standard InChI is InChI=1S/C21H29N5O2/c1-26(2)21-24-13-18(16-8-10-22-11-9-16)20(25-21)17-6-4-15(5-7-17)12-23-19(27)14-28-3/h8-11,13,15,17H,4-7,12,14H2,1-3H3,(H,23,27). The molecule has 0 spiro atoms. The molecule has 2 aromatic heterocycles. The molecule has 1 aliphatic carbocycles. The van der Waals surface area contributed by atoms with Gasteiger partial charge in [0.15, 0.2) is 0 Å². The number of methoxy groups -OCH3 is 1. The van der Waals surface area contributed by atoms with E-state index in [0.29, 0.717) is 11.8 Å². The van der Waals surface area contributed by atoms with E-state index in [2.05, 4.69) is 15.3 Å². The molecule has 0 unspecified atom stereocenters. The maximum Gasteiger partial charge on any atom is 0.245 e. The maximum atomic E-state index is 11.6. The zero-order valence-corrected chi connectivity index (χ0v) is 16.9. The van der Waals surface area contributed by atoms with Crippen molar-refractivity contribution in [2.75, 3.05) is 39.3 Å². The Balaban J connectivity index is 1.72. The van der Waals surface area contributed by atoms with Crippen LogP contribution in [0.5, 0.6) is 0 Å². The minimum atomic E-state index is -0.0453. The number of amides is 1. The Hall–Kier alpha value is -2.54. The topological polar surface area (TPSA) is 80.2 Å². The van der Waals surface area contributed by atoms with Crippen molar-refractivity contribution >= 4 is 11.9 Å².